The fourth-order valence-electron chi connectivity index (χ4n) is 2.90. The number of para-hydroxylation sites is 2. The lowest BCUT2D eigenvalue weighted by Gasteiger charge is -2.36. The van der Waals surface area contributed by atoms with Gasteiger partial charge in [0.05, 0.1) is 17.8 Å². The monoisotopic (exact) mass is 302 g/mol. The third-order valence-electron chi connectivity index (χ3n) is 4.23. The van der Waals surface area contributed by atoms with Crippen LogP contribution >= 0.6 is 0 Å². The number of ether oxygens (including phenoxy) is 1. The van der Waals surface area contributed by atoms with Crippen molar-refractivity contribution in [1.82, 2.24) is 4.90 Å². The molecule has 22 heavy (non-hydrogen) atoms. The summed E-state index contributed by atoms with van der Waals surface area (Å²) in [5.41, 5.74) is 0.121. The number of aliphatic hydroxyl groups is 1. The average molecular weight is 302 g/mol. The molecule has 5 nitrogen and oxygen atoms in total. The van der Waals surface area contributed by atoms with Crippen molar-refractivity contribution in [1.29, 1.82) is 0 Å². The number of hydrogen-bond donors (Lipinski definition) is 2. The third kappa shape index (κ3) is 3.18. The van der Waals surface area contributed by atoms with Crippen LogP contribution in [0.3, 0.4) is 0 Å². The Bertz CT molecular complexity index is 561. The molecule has 0 radical (unpaired) electrons. The summed E-state index contributed by atoms with van der Waals surface area (Å²) < 4.78 is 5.44. The first-order chi connectivity index (χ1) is 10.7. The highest BCUT2D eigenvalue weighted by Crippen LogP contribution is 2.33. The van der Waals surface area contributed by atoms with Gasteiger partial charge in [-0.3, -0.25) is 0 Å². The molecular formula is C17H22N2O3. The van der Waals surface area contributed by atoms with Crippen LogP contribution < -0.4 is 10.1 Å². The van der Waals surface area contributed by atoms with Gasteiger partial charge >= 0.3 is 6.03 Å². The molecule has 0 bridgehead atoms. The Morgan fingerprint density at radius 3 is 3.00 bits per heavy atom. The predicted molar refractivity (Wildman–Crippen MR) is 85.8 cm³/mol. The van der Waals surface area contributed by atoms with Crippen molar-refractivity contribution >= 4 is 11.7 Å². The standard InChI is InChI=1S/C17H22N2O3/c1-3-12-22-15-9-6-5-8-14(15)18-16(21)19-11-7-10-17(19,4-2)13-20/h1,5-6,8-9,20H,4,7,10-13H2,2H3,(H,18,21)/t17-/m0/s1. The number of rotatable bonds is 5. The van der Waals surface area contributed by atoms with E-state index < -0.39 is 5.54 Å². The fraction of sp³-hybridized carbons (Fsp3) is 0.471. The molecule has 1 fully saturated rings. The van der Waals surface area contributed by atoms with Crippen LogP contribution in [-0.4, -0.2) is 41.3 Å². The van der Waals surface area contributed by atoms with Crippen molar-refractivity contribution in [2.24, 2.45) is 0 Å². The number of anilines is 1. The largest absolute Gasteiger partial charge is 0.479 e. The predicted octanol–water partition coefficient (Wildman–Crippen LogP) is 2.47. The number of hydrogen-bond acceptors (Lipinski definition) is 3. The summed E-state index contributed by atoms with van der Waals surface area (Å²) in [4.78, 5) is 14.3. The summed E-state index contributed by atoms with van der Waals surface area (Å²) in [6.07, 6.45) is 7.65. The number of terminal acetylenes is 1. The maximum atomic E-state index is 12.6. The molecule has 1 atom stereocenters. The summed E-state index contributed by atoms with van der Waals surface area (Å²) >= 11 is 0. The molecule has 0 spiro atoms. The van der Waals surface area contributed by atoms with Gasteiger partial charge in [-0.25, -0.2) is 4.79 Å². The minimum atomic E-state index is -0.460. The molecule has 0 saturated carbocycles. The van der Waals surface area contributed by atoms with Crippen LogP contribution in [0.2, 0.25) is 0 Å². The number of aliphatic hydroxyl groups excluding tert-OH is 1. The van der Waals surface area contributed by atoms with Crippen LogP contribution in [0, 0.1) is 12.3 Å². The van der Waals surface area contributed by atoms with Crippen molar-refractivity contribution < 1.29 is 14.6 Å². The normalized spacial score (nSPS) is 20.5. The van der Waals surface area contributed by atoms with E-state index in [1.54, 1.807) is 17.0 Å². The van der Waals surface area contributed by atoms with E-state index in [1.807, 2.05) is 19.1 Å². The Morgan fingerprint density at radius 1 is 1.55 bits per heavy atom. The number of carbonyl (C=O) groups excluding carboxylic acids is 1. The van der Waals surface area contributed by atoms with E-state index in [-0.39, 0.29) is 19.2 Å². The van der Waals surface area contributed by atoms with Gasteiger partial charge in [-0.15, -0.1) is 6.42 Å². The first kappa shape index (κ1) is 16.2. The van der Waals surface area contributed by atoms with Gasteiger partial charge in [0.1, 0.15) is 12.4 Å². The first-order valence-corrected chi connectivity index (χ1v) is 7.51. The van der Waals surface area contributed by atoms with Gasteiger partial charge in [-0.1, -0.05) is 25.0 Å². The van der Waals surface area contributed by atoms with Crippen molar-refractivity contribution in [3.63, 3.8) is 0 Å². The smallest absolute Gasteiger partial charge is 0.322 e. The minimum absolute atomic E-state index is 0.0217. The lowest BCUT2D eigenvalue weighted by atomic mass is 9.94. The molecule has 1 aliphatic rings. The van der Waals surface area contributed by atoms with Gasteiger partial charge in [-0.05, 0) is 31.4 Å². The SMILES string of the molecule is C#CCOc1ccccc1NC(=O)N1CCC[C@@]1(CC)CO. The maximum absolute atomic E-state index is 12.6. The molecule has 0 aliphatic carbocycles. The maximum Gasteiger partial charge on any atom is 0.322 e. The fourth-order valence-corrected chi connectivity index (χ4v) is 2.90. The number of amides is 2. The molecule has 5 heteroatoms. The Labute approximate surface area is 131 Å². The lowest BCUT2D eigenvalue weighted by molar-refractivity contribution is 0.0867. The Balaban J connectivity index is 2.14. The molecule has 1 aliphatic heterocycles. The van der Waals surface area contributed by atoms with Crippen LogP contribution in [0.15, 0.2) is 24.3 Å². The van der Waals surface area contributed by atoms with E-state index in [9.17, 15) is 9.90 Å². The summed E-state index contributed by atoms with van der Waals surface area (Å²) in [6.45, 7) is 2.76. The zero-order valence-corrected chi connectivity index (χ0v) is 12.8. The summed E-state index contributed by atoms with van der Waals surface area (Å²) in [5.74, 6) is 2.95. The number of urea groups is 1. The summed E-state index contributed by atoms with van der Waals surface area (Å²) in [6, 6.07) is 6.95. The van der Waals surface area contributed by atoms with Crippen LogP contribution in [0.1, 0.15) is 26.2 Å². The molecule has 1 aromatic rings. The average Bonchev–Trinajstić information content (AvgIpc) is 2.98. The van der Waals surface area contributed by atoms with E-state index >= 15 is 0 Å². The quantitative estimate of drug-likeness (QED) is 0.821. The van der Waals surface area contributed by atoms with Crippen molar-refractivity contribution in [3.8, 4) is 18.1 Å². The highest BCUT2D eigenvalue weighted by molar-refractivity contribution is 5.91. The molecule has 1 saturated heterocycles. The Kier molecular flexibility index (Phi) is 5.29. The zero-order valence-electron chi connectivity index (χ0n) is 12.8. The van der Waals surface area contributed by atoms with Gasteiger partial charge < -0.3 is 20.1 Å². The van der Waals surface area contributed by atoms with Gasteiger partial charge in [0.15, 0.2) is 0 Å². The summed E-state index contributed by atoms with van der Waals surface area (Å²) in [5, 5.41) is 12.6. The molecule has 2 N–H and O–H groups in total. The van der Waals surface area contributed by atoms with Crippen LogP contribution in [0.4, 0.5) is 10.5 Å². The molecule has 0 aromatic heterocycles. The van der Waals surface area contributed by atoms with Gasteiger partial charge in [0.25, 0.3) is 0 Å². The molecule has 0 unspecified atom stereocenters. The van der Waals surface area contributed by atoms with Crippen molar-refractivity contribution in [3.05, 3.63) is 24.3 Å². The molecular weight excluding hydrogens is 280 g/mol. The molecule has 2 amide bonds. The van der Waals surface area contributed by atoms with E-state index in [2.05, 4.69) is 11.2 Å². The number of carbonyl (C=O) groups is 1. The van der Waals surface area contributed by atoms with Crippen molar-refractivity contribution in [2.75, 3.05) is 25.1 Å². The molecule has 1 heterocycles. The van der Waals surface area contributed by atoms with Crippen LogP contribution in [0.5, 0.6) is 5.75 Å². The second-order valence-electron chi connectivity index (χ2n) is 5.41. The zero-order chi connectivity index (χ0) is 16.0. The number of nitrogens with one attached hydrogen (secondary N) is 1. The topological polar surface area (TPSA) is 61.8 Å². The van der Waals surface area contributed by atoms with Gasteiger partial charge in [0.2, 0.25) is 0 Å². The van der Waals surface area contributed by atoms with Crippen molar-refractivity contribution in [2.45, 2.75) is 31.7 Å². The second kappa shape index (κ2) is 7.19. The first-order valence-electron chi connectivity index (χ1n) is 7.51. The highest BCUT2D eigenvalue weighted by Gasteiger charge is 2.41. The highest BCUT2D eigenvalue weighted by atomic mass is 16.5. The van der Waals surface area contributed by atoms with E-state index in [4.69, 9.17) is 11.2 Å². The van der Waals surface area contributed by atoms with Crippen LogP contribution in [0.25, 0.3) is 0 Å². The van der Waals surface area contributed by atoms with Crippen LogP contribution in [-0.2, 0) is 0 Å². The number of nitrogens with zero attached hydrogens (tertiary/aromatic N) is 1. The summed E-state index contributed by atoms with van der Waals surface area (Å²) in [7, 11) is 0. The van der Waals surface area contributed by atoms with E-state index in [1.165, 1.54) is 0 Å². The van der Waals surface area contributed by atoms with E-state index in [0.717, 1.165) is 19.3 Å². The van der Waals surface area contributed by atoms with Gasteiger partial charge in [-0.2, -0.15) is 0 Å². The Hall–Kier alpha value is -2.19. The number of benzene rings is 1. The minimum Gasteiger partial charge on any atom is -0.479 e. The second-order valence-corrected chi connectivity index (χ2v) is 5.41. The Morgan fingerprint density at radius 2 is 2.32 bits per heavy atom. The van der Waals surface area contributed by atoms with Gasteiger partial charge in [0, 0.05) is 6.54 Å². The lowest BCUT2D eigenvalue weighted by Crippen LogP contribution is -2.51. The van der Waals surface area contributed by atoms with E-state index in [0.29, 0.717) is 18.0 Å². The molecule has 2 rings (SSSR count). The molecule has 118 valence electrons. The molecule has 1 aromatic carbocycles. The number of likely N-dealkylation sites (tertiary alicyclic amines) is 1. The third-order valence-corrected chi connectivity index (χ3v) is 4.23.